The van der Waals surface area contributed by atoms with Gasteiger partial charge in [0.15, 0.2) is 0 Å². The molecule has 1 fully saturated rings. The molecule has 82 valence electrons. The van der Waals surface area contributed by atoms with Gasteiger partial charge in [-0.2, -0.15) is 0 Å². The van der Waals surface area contributed by atoms with Crippen LogP contribution in [-0.4, -0.2) is 30.8 Å². The first-order chi connectivity index (χ1) is 7.29. The van der Waals surface area contributed by atoms with Crippen molar-refractivity contribution in [3.63, 3.8) is 0 Å². The molecular formula is C12H18N2O. The lowest BCUT2D eigenvalue weighted by atomic mass is 10.1. The number of nitrogens with two attached hydrogens (primary N) is 1. The Kier molecular flexibility index (Phi) is 3.23. The van der Waals surface area contributed by atoms with Gasteiger partial charge in [0.05, 0.1) is 6.10 Å². The van der Waals surface area contributed by atoms with Crippen molar-refractivity contribution < 1.29 is 5.11 Å². The van der Waals surface area contributed by atoms with Crippen LogP contribution in [0.15, 0.2) is 24.3 Å². The van der Waals surface area contributed by atoms with Gasteiger partial charge in [-0.1, -0.05) is 12.1 Å². The van der Waals surface area contributed by atoms with Crippen molar-refractivity contribution in [2.24, 2.45) is 5.73 Å². The summed E-state index contributed by atoms with van der Waals surface area (Å²) in [5, 5.41) is 9.44. The summed E-state index contributed by atoms with van der Waals surface area (Å²) < 4.78 is 0. The Labute approximate surface area is 90.5 Å². The van der Waals surface area contributed by atoms with Gasteiger partial charge in [-0.05, 0) is 37.1 Å². The van der Waals surface area contributed by atoms with E-state index in [0.717, 1.165) is 25.9 Å². The van der Waals surface area contributed by atoms with E-state index in [0.29, 0.717) is 6.54 Å². The Balaban J connectivity index is 2.03. The molecule has 1 aromatic rings. The molecule has 3 nitrogen and oxygen atoms in total. The average molecular weight is 206 g/mol. The van der Waals surface area contributed by atoms with Crippen LogP contribution in [0.4, 0.5) is 5.69 Å². The monoisotopic (exact) mass is 206 g/mol. The van der Waals surface area contributed by atoms with E-state index in [2.05, 4.69) is 29.2 Å². The second-order valence-electron chi connectivity index (χ2n) is 4.09. The lowest BCUT2D eigenvalue weighted by Gasteiger charge is -2.17. The number of aliphatic hydroxyl groups is 1. The minimum atomic E-state index is -0.159. The molecular weight excluding hydrogens is 188 g/mol. The minimum Gasteiger partial charge on any atom is -0.391 e. The standard InChI is InChI=1S/C12H18N2O/c13-7-5-10-1-3-11(4-2-10)14-8-6-12(15)9-14/h1-4,12,15H,5-9,13H2. The number of anilines is 1. The van der Waals surface area contributed by atoms with Crippen LogP contribution in [0.25, 0.3) is 0 Å². The van der Waals surface area contributed by atoms with Gasteiger partial charge in [-0.25, -0.2) is 0 Å². The Bertz CT molecular complexity index is 310. The first kappa shape index (κ1) is 10.5. The summed E-state index contributed by atoms with van der Waals surface area (Å²) >= 11 is 0. The highest BCUT2D eigenvalue weighted by Crippen LogP contribution is 2.20. The third-order valence-corrected chi connectivity index (χ3v) is 2.90. The third-order valence-electron chi connectivity index (χ3n) is 2.90. The van der Waals surface area contributed by atoms with E-state index in [-0.39, 0.29) is 6.10 Å². The third kappa shape index (κ3) is 2.49. The second-order valence-corrected chi connectivity index (χ2v) is 4.09. The molecule has 1 atom stereocenters. The molecule has 1 aliphatic rings. The van der Waals surface area contributed by atoms with E-state index in [4.69, 9.17) is 5.73 Å². The Morgan fingerprint density at radius 2 is 2.07 bits per heavy atom. The molecule has 0 aliphatic carbocycles. The SMILES string of the molecule is NCCc1ccc(N2CCC(O)C2)cc1. The van der Waals surface area contributed by atoms with Crippen LogP contribution >= 0.6 is 0 Å². The summed E-state index contributed by atoms with van der Waals surface area (Å²) in [6.07, 6.45) is 1.65. The predicted octanol–water partition coefficient (Wildman–Crippen LogP) is 0.759. The number of benzene rings is 1. The summed E-state index contributed by atoms with van der Waals surface area (Å²) in [6, 6.07) is 8.46. The van der Waals surface area contributed by atoms with Gasteiger partial charge in [0.25, 0.3) is 0 Å². The maximum Gasteiger partial charge on any atom is 0.0731 e. The lowest BCUT2D eigenvalue weighted by Crippen LogP contribution is -2.20. The first-order valence-electron chi connectivity index (χ1n) is 5.51. The number of hydrogen-bond acceptors (Lipinski definition) is 3. The number of nitrogens with zero attached hydrogens (tertiary/aromatic N) is 1. The number of rotatable bonds is 3. The maximum atomic E-state index is 9.44. The zero-order chi connectivity index (χ0) is 10.7. The van der Waals surface area contributed by atoms with Gasteiger partial charge in [0, 0.05) is 18.8 Å². The maximum absolute atomic E-state index is 9.44. The predicted molar refractivity (Wildman–Crippen MR) is 62.0 cm³/mol. The number of aliphatic hydroxyl groups excluding tert-OH is 1. The fourth-order valence-electron chi connectivity index (χ4n) is 2.02. The van der Waals surface area contributed by atoms with Crippen LogP contribution in [0, 0.1) is 0 Å². The fraction of sp³-hybridized carbons (Fsp3) is 0.500. The van der Waals surface area contributed by atoms with Crippen molar-refractivity contribution in [2.45, 2.75) is 18.9 Å². The summed E-state index contributed by atoms with van der Waals surface area (Å²) in [7, 11) is 0. The Morgan fingerprint density at radius 3 is 2.60 bits per heavy atom. The van der Waals surface area contributed by atoms with Gasteiger partial charge >= 0.3 is 0 Å². The summed E-state index contributed by atoms with van der Waals surface area (Å²) in [4.78, 5) is 2.22. The molecule has 1 aliphatic heterocycles. The van der Waals surface area contributed by atoms with Gasteiger partial charge in [0.2, 0.25) is 0 Å². The van der Waals surface area contributed by atoms with Crippen molar-refractivity contribution in [3.05, 3.63) is 29.8 Å². The number of hydrogen-bond donors (Lipinski definition) is 2. The van der Waals surface area contributed by atoms with Gasteiger partial charge in [-0.3, -0.25) is 0 Å². The topological polar surface area (TPSA) is 49.5 Å². The van der Waals surface area contributed by atoms with Crippen LogP contribution in [0.5, 0.6) is 0 Å². The Hall–Kier alpha value is -1.06. The molecule has 1 aromatic carbocycles. The smallest absolute Gasteiger partial charge is 0.0731 e. The highest BCUT2D eigenvalue weighted by molar-refractivity contribution is 5.48. The Morgan fingerprint density at radius 1 is 1.33 bits per heavy atom. The van der Waals surface area contributed by atoms with Gasteiger partial charge in [-0.15, -0.1) is 0 Å². The lowest BCUT2D eigenvalue weighted by molar-refractivity contribution is 0.198. The molecule has 3 heteroatoms. The average Bonchev–Trinajstić information content (AvgIpc) is 2.67. The quantitative estimate of drug-likeness (QED) is 0.767. The van der Waals surface area contributed by atoms with E-state index in [1.165, 1.54) is 11.3 Å². The zero-order valence-electron chi connectivity index (χ0n) is 8.89. The normalized spacial score (nSPS) is 20.9. The van der Waals surface area contributed by atoms with Crippen LogP contribution in [0.2, 0.25) is 0 Å². The second kappa shape index (κ2) is 4.64. The molecule has 1 saturated heterocycles. The van der Waals surface area contributed by atoms with E-state index in [1.807, 2.05) is 0 Å². The van der Waals surface area contributed by atoms with Crippen molar-refractivity contribution in [1.29, 1.82) is 0 Å². The highest BCUT2D eigenvalue weighted by atomic mass is 16.3. The molecule has 0 spiro atoms. The fourth-order valence-corrected chi connectivity index (χ4v) is 2.02. The van der Waals surface area contributed by atoms with Crippen LogP contribution in [-0.2, 0) is 6.42 Å². The van der Waals surface area contributed by atoms with Crippen LogP contribution < -0.4 is 10.6 Å². The van der Waals surface area contributed by atoms with Gasteiger partial charge in [0.1, 0.15) is 0 Å². The molecule has 1 unspecified atom stereocenters. The van der Waals surface area contributed by atoms with Crippen molar-refractivity contribution >= 4 is 5.69 Å². The molecule has 15 heavy (non-hydrogen) atoms. The summed E-state index contributed by atoms with van der Waals surface area (Å²) in [6.45, 7) is 2.41. The zero-order valence-corrected chi connectivity index (χ0v) is 8.89. The largest absolute Gasteiger partial charge is 0.391 e. The molecule has 2 rings (SSSR count). The molecule has 0 radical (unpaired) electrons. The van der Waals surface area contributed by atoms with E-state index >= 15 is 0 Å². The number of β-amino-alcohol motifs (C(OH)–C–C–N with tert-alkyl or cyclic N) is 1. The van der Waals surface area contributed by atoms with Gasteiger partial charge < -0.3 is 15.7 Å². The summed E-state index contributed by atoms with van der Waals surface area (Å²) in [5.74, 6) is 0. The molecule has 0 bridgehead atoms. The van der Waals surface area contributed by atoms with Crippen molar-refractivity contribution in [1.82, 2.24) is 0 Å². The van der Waals surface area contributed by atoms with Crippen LogP contribution in [0.3, 0.4) is 0 Å². The molecule has 0 amide bonds. The molecule has 3 N–H and O–H groups in total. The first-order valence-corrected chi connectivity index (χ1v) is 5.51. The van der Waals surface area contributed by atoms with Crippen LogP contribution in [0.1, 0.15) is 12.0 Å². The molecule has 1 heterocycles. The van der Waals surface area contributed by atoms with Crippen molar-refractivity contribution in [2.75, 3.05) is 24.5 Å². The highest BCUT2D eigenvalue weighted by Gasteiger charge is 2.19. The molecule has 0 saturated carbocycles. The van der Waals surface area contributed by atoms with E-state index in [1.54, 1.807) is 0 Å². The van der Waals surface area contributed by atoms with E-state index < -0.39 is 0 Å². The molecule has 0 aromatic heterocycles. The van der Waals surface area contributed by atoms with E-state index in [9.17, 15) is 5.11 Å². The summed E-state index contributed by atoms with van der Waals surface area (Å²) in [5.41, 5.74) is 7.98. The minimum absolute atomic E-state index is 0.159. The van der Waals surface area contributed by atoms with Crippen molar-refractivity contribution in [3.8, 4) is 0 Å².